The van der Waals surface area contributed by atoms with Crippen LogP contribution < -0.4 is 5.32 Å². The molecule has 1 aliphatic heterocycles. The topological polar surface area (TPSA) is 32.3 Å². The van der Waals surface area contributed by atoms with Crippen molar-refractivity contribution in [2.75, 3.05) is 19.6 Å². The highest BCUT2D eigenvalue weighted by Gasteiger charge is 2.30. The van der Waals surface area contributed by atoms with Gasteiger partial charge in [-0.05, 0) is 32.7 Å². The number of carbonyl (C=O) groups excluding carboxylic acids is 1. The average Bonchev–Trinajstić information content (AvgIpc) is 2.85. The van der Waals surface area contributed by atoms with E-state index < -0.39 is 0 Å². The van der Waals surface area contributed by atoms with E-state index in [9.17, 15) is 4.79 Å². The van der Waals surface area contributed by atoms with Crippen LogP contribution in [0.25, 0.3) is 0 Å². The van der Waals surface area contributed by atoms with Crippen molar-refractivity contribution in [2.24, 2.45) is 5.92 Å². The van der Waals surface area contributed by atoms with Crippen molar-refractivity contribution in [2.45, 2.75) is 51.5 Å². The second-order valence-electron chi connectivity index (χ2n) is 5.11. The Morgan fingerprint density at radius 3 is 2.56 bits per heavy atom. The quantitative estimate of drug-likeness (QED) is 0.792. The highest BCUT2D eigenvalue weighted by atomic mass is 16.2. The lowest BCUT2D eigenvalue weighted by Gasteiger charge is -2.32. The van der Waals surface area contributed by atoms with Crippen molar-refractivity contribution >= 4 is 5.91 Å². The Morgan fingerprint density at radius 2 is 2.00 bits per heavy atom. The minimum absolute atomic E-state index is 0.328. The van der Waals surface area contributed by atoms with E-state index in [1.807, 2.05) is 0 Å². The third kappa shape index (κ3) is 2.57. The van der Waals surface area contributed by atoms with E-state index in [1.165, 1.54) is 19.3 Å². The van der Waals surface area contributed by atoms with Crippen LogP contribution in [0.5, 0.6) is 0 Å². The van der Waals surface area contributed by atoms with E-state index >= 15 is 0 Å². The smallest absolute Gasteiger partial charge is 0.225 e. The summed E-state index contributed by atoms with van der Waals surface area (Å²) in [6.45, 7) is 5.05. The van der Waals surface area contributed by atoms with Crippen LogP contribution in [0.4, 0.5) is 0 Å². The molecule has 3 heteroatoms. The highest BCUT2D eigenvalue weighted by Crippen LogP contribution is 2.26. The van der Waals surface area contributed by atoms with Gasteiger partial charge < -0.3 is 10.2 Å². The number of amides is 1. The molecular formula is C13H24N2O. The van der Waals surface area contributed by atoms with Crippen molar-refractivity contribution in [1.82, 2.24) is 10.2 Å². The molecule has 2 aliphatic rings. The Kier molecular flexibility index (Phi) is 4.22. The molecule has 1 unspecified atom stereocenters. The van der Waals surface area contributed by atoms with Crippen LogP contribution in [0.2, 0.25) is 0 Å². The van der Waals surface area contributed by atoms with Crippen LogP contribution in [0.15, 0.2) is 0 Å². The van der Waals surface area contributed by atoms with Gasteiger partial charge in [-0.25, -0.2) is 0 Å². The molecule has 92 valence electrons. The zero-order valence-electron chi connectivity index (χ0n) is 10.4. The number of nitrogens with zero attached hydrogens (tertiary/aromatic N) is 1. The van der Waals surface area contributed by atoms with Gasteiger partial charge in [-0.2, -0.15) is 0 Å². The number of hydrogen-bond acceptors (Lipinski definition) is 2. The van der Waals surface area contributed by atoms with Crippen molar-refractivity contribution in [3.05, 3.63) is 0 Å². The molecule has 0 aromatic carbocycles. The number of carbonyl (C=O) groups is 1. The molecule has 0 spiro atoms. The first-order valence-electron chi connectivity index (χ1n) is 6.84. The van der Waals surface area contributed by atoms with E-state index in [0.717, 1.165) is 38.9 Å². The standard InChI is InChI=1S/C13H24N2O/c1-2-15(12-8-9-14-10-12)13(16)11-6-4-3-5-7-11/h11-12,14H,2-10H2,1H3. The molecule has 1 N–H and O–H groups in total. The maximum atomic E-state index is 12.4. The lowest BCUT2D eigenvalue weighted by Crippen LogP contribution is -2.44. The molecule has 0 bridgehead atoms. The molecule has 2 rings (SSSR count). The molecule has 1 aliphatic carbocycles. The van der Waals surface area contributed by atoms with Crippen LogP contribution in [0, 0.1) is 5.92 Å². The van der Waals surface area contributed by atoms with Gasteiger partial charge in [0, 0.05) is 25.0 Å². The highest BCUT2D eigenvalue weighted by molar-refractivity contribution is 5.79. The Morgan fingerprint density at radius 1 is 1.25 bits per heavy atom. The number of nitrogens with one attached hydrogen (secondary N) is 1. The number of likely N-dealkylation sites (N-methyl/N-ethyl adjacent to an activating group) is 1. The predicted molar refractivity (Wildman–Crippen MR) is 65.2 cm³/mol. The summed E-state index contributed by atoms with van der Waals surface area (Å²) >= 11 is 0. The first kappa shape index (κ1) is 11.9. The molecule has 0 radical (unpaired) electrons. The summed E-state index contributed by atoms with van der Waals surface area (Å²) in [6.07, 6.45) is 7.19. The molecule has 3 nitrogen and oxygen atoms in total. The van der Waals surface area contributed by atoms with Gasteiger partial charge in [0.1, 0.15) is 0 Å². The third-order valence-corrected chi connectivity index (χ3v) is 4.05. The molecule has 1 saturated heterocycles. The van der Waals surface area contributed by atoms with Crippen LogP contribution in [-0.4, -0.2) is 36.5 Å². The van der Waals surface area contributed by atoms with Gasteiger partial charge in [-0.1, -0.05) is 19.3 Å². The molecule has 16 heavy (non-hydrogen) atoms. The zero-order valence-corrected chi connectivity index (χ0v) is 10.4. The molecule has 1 saturated carbocycles. The van der Waals surface area contributed by atoms with Crippen molar-refractivity contribution < 1.29 is 4.79 Å². The zero-order chi connectivity index (χ0) is 11.4. The number of hydrogen-bond donors (Lipinski definition) is 1. The normalized spacial score (nSPS) is 26.9. The molecule has 1 atom stereocenters. The van der Waals surface area contributed by atoms with Gasteiger partial charge in [0.05, 0.1) is 0 Å². The molecule has 0 aromatic rings. The summed E-state index contributed by atoms with van der Waals surface area (Å²) in [5.74, 6) is 0.755. The summed E-state index contributed by atoms with van der Waals surface area (Å²) < 4.78 is 0. The maximum absolute atomic E-state index is 12.4. The molecule has 2 fully saturated rings. The van der Waals surface area contributed by atoms with E-state index in [0.29, 0.717) is 17.9 Å². The monoisotopic (exact) mass is 224 g/mol. The Balaban J connectivity index is 1.93. The van der Waals surface area contributed by atoms with Gasteiger partial charge in [-0.3, -0.25) is 4.79 Å². The number of rotatable bonds is 3. The predicted octanol–water partition coefficient (Wildman–Crippen LogP) is 1.78. The first-order valence-corrected chi connectivity index (χ1v) is 6.84. The van der Waals surface area contributed by atoms with Gasteiger partial charge in [-0.15, -0.1) is 0 Å². The lowest BCUT2D eigenvalue weighted by molar-refractivity contribution is -0.138. The molecule has 0 aromatic heterocycles. The molecule has 1 amide bonds. The second-order valence-corrected chi connectivity index (χ2v) is 5.11. The minimum atomic E-state index is 0.328. The lowest BCUT2D eigenvalue weighted by atomic mass is 9.88. The summed E-state index contributed by atoms with van der Waals surface area (Å²) in [7, 11) is 0. The van der Waals surface area contributed by atoms with E-state index in [-0.39, 0.29) is 0 Å². The average molecular weight is 224 g/mol. The van der Waals surface area contributed by atoms with Crippen LogP contribution in [0.1, 0.15) is 45.4 Å². The SMILES string of the molecule is CCN(C(=O)C1CCCCC1)C1CCNC1. The Hall–Kier alpha value is -0.570. The summed E-state index contributed by atoms with van der Waals surface area (Å²) in [4.78, 5) is 14.5. The third-order valence-electron chi connectivity index (χ3n) is 4.05. The van der Waals surface area contributed by atoms with E-state index in [4.69, 9.17) is 0 Å². The van der Waals surface area contributed by atoms with Crippen LogP contribution >= 0.6 is 0 Å². The largest absolute Gasteiger partial charge is 0.338 e. The van der Waals surface area contributed by atoms with Gasteiger partial charge in [0.25, 0.3) is 0 Å². The fourth-order valence-corrected chi connectivity index (χ4v) is 3.08. The second kappa shape index (κ2) is 5.67. The summed E-state index contributed by atoms with van der Waals surface area (Å²) in [5.41, 5.74) is 0. The van der Waals surface area contributed by atoms with Crippen LogP contribution in [-0.2, 0) is 4.79 Å². The summed E-state index contributed by atoms with van der Waals surface area (Å²) in [5, 5.41) is 3.35. The molecular weight excluding hydrogens is 200 g/mol. The van der Waals surface area contributed by atoms with Crippen molar-refractivity contribution in [3.63, 3.8) is 0 Å². The fourth-order valence-electron chi connectivity index (χ4n) is 3.08. The van der Waals surface area contributed by atoms with Crippen molar-refractivity contribution in [3.8, 4) is 0 Å². The Labute approximate surface area is 98.6 Å². The van der Waals surface area contributed by atoms with Gasteiger partial charge >= 0.3 is 0 Å². The maximum Gasteiger partial charge on any atom is 0.225 e. The minimum Gasteiger partial charge on any atom is -0.338 e. The molecule has 1 heterocycles. The summed E-state index contributed by atoms with van der Waals surface area (Å²) in [6, 6.07) is 0.458. The van der Waals surface area contributed by atoms with E-state index in [2.05, 4.69) is 17.1 Å². The van der Waals surface area contributed by atoms with Crippen LogP contribution in [0.3, 0.4) is 0 Å². The Bertz CT molecular complexity index is 230. The fraction of sp³-hybridized carbons (Fsp3) is 0.923. The van der Waals surface area contributed by atoms with Crippen molar-refractivity contribution in [1.29, 1.82) is 0 Å². The van der Waals surface area contributed by atoms with Gasteiger partial charge in [0.2, 0.25) is 5.91 Å². The van der Waals surface area contributed by atoms with Gasteiger partial charge in [0.15, 0.2) is 0 Å². The van der Waals surface area contributed by atoms with E-state index in [1.54, 1.807) is 0 Å². The first-order chi connectivity index (χ1) is 7.83.